The van der Waals surface area contributed by atoms with Crippen LogP contribution in [0.25, 0.3) is 0 Å². The monoisotopic (exact) mass is 466 g/mol. The number of fused-ring (bicyclic) bond motifs is 4. The van der Waals surface area contributed by atoms with Gasteiger partial charge < -0.3 is 4.74 Å². The molecule has 124 valence electrons. The lowest BCUT2D eigenvalue weighted by atomic mass is 9.95. The predicted octanol–water partition coefficient (Wildman–Crippen LogP) is 6.09. The molecule has 3 heterocycles. The molecule has 2 aliphatic heterocycles. The van der Waals surface area contributed by atoms with Crippen molar-refractivity contribution in [1.29, 1.82) is 0 Å². The molecule has 0 unspecified atom stereocenters. The van der Waals surface area contributed by atoms with E-state index < -0.39 is 0 Å². The minimum Gasteiger partial charge on any atom is -0.466 e. The number of ether oxygens (including phenoxy) is 1. The fourth-order valence-corrected chi connectivity index (χ4v) is 5.89. The van der Waals surface area contributed by atoms with Gasteiger partial charge in [0.25, 0.3) is 0 Å². The van der Waals surface area contributed by atoms with Gasteiger partial charge in [0.05, 0.1) is 20.4 Å². The summed E-state index contributed by atoms with van der Waals surface area (Å²) in [7, 11) is 0. The van der Waals surface area contributed by atoms with E-state index in [0.29, 0.717) is 0 Å². The van der Waals surface area contributed by atoms with E-state index in [0.717, 1.165) is 33.3 Å². The third-order valence-corrected chi connectivity index (χ3v) is 7.37. The van der Waals surface area contributed by atoms with Crippen molar-refractivity contribution in [2.45, 2.75) is 43.9 Å². The number of hydrogen-bond acceptors (Lipinski definition) is 4. The summed E-state index contributed by atoms with van der Waals surface area (Å²) in [6.45, 7) is 0. The zero-order valence-electron chi connectivity index (χ0n) is 13.0. The topological polar surface area (TPSA) is 24.8 Å². The summed E-state index contributed by atoms with van der Waals surface area (Å²) < 4.78 is 8.78. The molecule has 1 spiro atoms. The highest BCUT2D eigenvalue weighted by Gasteiger charge is 2.51. The molecular formula is C18H16Br2N2OS. The van der Waals surface area contributed by atoms with Crippen LogP contribution >= 0.6 is 43.2 Å². The van der Waals surface area contributed by atoms with Crippen LogP contribution in [0.1, 0.15) is 48.6 Å². The molecule has 0 radical (unpaired) electrons. The van der Waals surface area contributed by atoms with Crippen LogP contribution in [0.3, 0.4) is 0 Å². The first-order valence-corrected chi connectivity index (χ1v) is 10.7. The van der Waals surface area contributed by atoms with Crippen molar-refractivity contribution < 1.29 is 4.74 Å². The maximum Gasteiger partial charge on any atom is 0.198 e. The minimum atomic E-state index is -0.248. The summed E-state index contributed by atoms with van der Waals surface area (Å²) in [5, 5.41) is 7.33. The Morgan fingerprint density at radius 2 is 2.00 bits per heavy atom. The molecule has 3 nitrogen and oxygen atoms in total. The lowest BCUT2D eigenvalue weighted by molar-refractivity contribution is -0.114. The molecule has 2 aromatic rings. The van der Waals surface area contributed by atoms with Crippen LogP contribution in [0, 0.1) is 0 Å². The first-order valence-electron chi connectivity index (χ1n) is 8.26. The highest BCUT2D eigenvalue weighted by molar-refractivity contribution is 9.11. The van der Waals surface area contributed by atoms with E-state index in [4.69, 9.17) is 9.84 Å². The average molecular weight is 468 g/mol. The molecular weight excluding hydrogens is 452 g/mol. The molecule has 0 N–H and O–H groups in total. The Bertz CT molecular complexity index is 841. The first kappa shape index (κ1) is 15.4. The van der Waals surface area contributed by atoms with Gasteiger partial charge in [-0.3, -0.25) is 0 Å². The summed E-state index contributed by atoms with van der Waals surface area (Å²) in [6.07, 6.45) is 5.49. The fourth-order valence-electron chi connectivity index (χ4n) is 4.13. The molecule has 1 atom stereocenters. The standard InChI is InChI=1S/C18H16Br2N2OS/c19-11-3-4-15-12(9-11)14-10-13(16-5-6-17(20)24-16)21-22(14)18(23-15)7-1-2-8-18/h3-6,9,14H,1-2,7-8,10H2/t14-/m1/s1. The molecule has 0 saturated heterocycles. The van der Waals surface area contributed by atoms with Crippen LogP contribution in [-0.4, -0.2) is 16.4 Å². The number of nitrogens with zero attached hydrogens (tertiary/aromatic N) is 2. The van der Waals surface area contributed by atoms with Gasteiger partial charge >= 0.3 is 0 Å². The van der Waals surface area contributed by atoms with Crippen LogP contribution in [-0.2, 0) is 0 Å². The molecule has 1 aliphatic carbocycles. The quantitative estimate of drug-likeness (QED) is 0.507. The van der Waals surface area contributed by atoms with Gasteiger partial charge in [-0.1, -0.05) is 15.9 Å². The molecule has 3 aliphatic rings. The molecule has 24 heavy (non-hydrogen) atoms. The minimum absolute atomic E-state index is 0.248. The van der Waals surface area contributed by atoms with Crippen molar-refractivity contribution in [1.82, 2.24) is 5.01 Å². The van der Waals surface area contributed by atoms with Crippen molar-refractivity contribution >= 4 is 48.9 Å². The van der Waals surface area contributed by atoms with Crippen molar-refractivity contribution in [2.75, 3.05) is 0 Å². The Morgan fingerprint density at radius 3 is 2.75 bits per heavy atom. The van der Waals surface area contributed by atoms with E-state index in [2.05, 4.69) is 67.2 Å². The molecule has 0 amide bonds. The van der Waals surface area contributed by atoms with Crippen LogP contribution in [0.2, 0.25) is 0 Å². The van der Waals surface area contributed by atoms with Gasteiger partial charge in [-0.2, -0.15) is 5.10 Å². The normalized spacial score (nSPS) is 23.8. The molecule has 1 aromatic heterocycles. The Labute approximate surface area is 162 Å². The van der Waals surface area contributed by atoms with E-state index in [1.54, 1.807) is 11.3 Å². The van der Waals surface area contributed by atoms with Gasteiger partial charge in [0.2, 0.25) is 0 Å². The third-order valence-electron chi connectivity index (χ3n) is 5.20. The lowest BCUT2D eigenvalue weighted by Gasteiger charge is -2.45. The number of halogens is 2. The third kappa shape index (κ3) is 2.30. The number of thiophene rings is 1. The van der Waals surface area contributed by atoms with Crippen molar-refractivity contribution in [3.05, 3.63) is 49.0 Å². The summed E-state index contributed by atoms with van der Waals surface area (Å²) >= 11 is 8.94. The highest BCUT2D eigenvalue weighted by atomic mass is 79.9. The summed E-state index contributed by atoms with van der Waals surface area (Å²) in [4.78, 5) is 1.25. The summed E-state index contributed by atoms with van der Waals surface area (Å²) in [6, 6.07) is 10.9. The molecule has 1 fully saturated rings. The second-order valence-electron chi connectivity index (χ2n) is 6.65. The Morgan fingerprint density at radius 1 is 1.17 bits per heavy atom. The fraction of sp³-hybridized carbons (Fsp3) is 0.389. The van der Waals surface area contributed by atoms with E-state index in [1.807, 2.05) is 0 Å². The van der Waals surface area contributed by atoms with E-state index in [9.17, 15) is 0 Å². The van der Waals surface area contributed by atoms with Crippen molar-refractivity contribution in [3.63, 3.8) is 0 Å². The van der Waals surface area contributed by atoms with Crippen LogP contribution in [0.4, 0.5) is 0 Å². The van der Waals surface area contributed by atoms with Gasteiger partial charge in [0.1, 0.15) is 5.75 Å². The van der Waals surface area contributed by atoms with Crippen LogP contribution < -0.4 is 4.74 Å². The van der Waals surface area contributed by atoms with Gasteiger partial charge in [-0.05, 0) is 59.1 Å². The van der Waals surface area contributed by atoms with Crippen LogP contribution in [0.5, 0.6) is 5.75 Å². The summed E-state index contributed by atoms with van der Waals surface area (Å²) in [5.41, 5.74) is 2.18. The highest BCUT2D eigenvalue weighted by Crippen LogP contribution is 2.52. The van der Waals surface area contributed by atoms with Gasteiger partial charge in [-0.15, -0.1) is 11.3 Å². The maximum atomic E-state index is 6.53. The predicted molar refractivity (Wildman–Crippen MR) is 104 cm³/mol. The molecule has 5 rings (SSSR count). The van der Waals surface area contributed by atoms with Gasteiger partial charge in [-0.25, -0.2) is 5.01 Å². The molecule has 1 saturated carbocycles. The average Bonchev–Trinajstić information content (AvgIpc) is 3.28. The smallest absolute Gasteiger partial charge is 0.198 e. The van der Waals surface area contributed by atoms with Crippen LogP contribution in [0.15, 0.2) is 43.7 Å². The Hall–Kier alpha value is -0.850. The lowest BCUT2D eigenvalue weighted by Crippen LogP contribution is -2.51. The van der Waals surface area contributed by atoms with Gasteiger partial charge in [0, 0.05) is 29.3 Å². The molecule has 6 heteroatoms. The largest absolute Gasteiger partial charge is 0.466 e. The second-order valence-corrected chi connectivity index (χ2v) is 10.0. The molecule has 1 aromatic carbocycles. The number of hydrogen-bond donors (Lipinski definition) is 0. The first-order chi connectivity index (χ1) is 11.6. The Kier molecular flexibility index (Phi) is 3.58. The van der Waals surface area contributed by atoms with Gasteiger partial charge in [0.15, 0.2) is 5.72 Å². The number of hydrazone groups is 1. The number of benzene rings is 1. The van der Waals surface area contributed by atoms with Crippen molar-refractivity contribution in [3.8, 4) is 5.75 Å². The van der Waals surface area contributed by atoms with E-state index in [-0.39, 0.29) is 11.8 Å². The van der Waals surface area contributed by atoms with Crippen molar-refractivity contribution in [2.24, 2.45) is 5.10 Å². The molecule has 0 bridgehead atoms. The zero-order chi connectivity index (χ0) is 16.3. The van der Waals surface area contributed by atoms with E-state index in [1.165, 1.54) is 29.0 Å². The second kappa shape index (κ2) is 5.58. The zero-order valence-corrected chi connectivity index (χ0v) is 17.0. The maximum absolute atomic E-state index is 6.53. The number of rotatable bonds is 1. The SMILES string of the molecule is Brc1ccc2c(c1)[C@H]1CC(c3ccc(Br)s3)=NN1C1(CCCC1)O2. The van der Waals surface area contributed by atoms with E-state index >= 15 is 0 Å². The summed E-state index contributed by atoms with van der Waals surface area (Å²) in [5.74, 6) is 1.03. The Balaban J connectivity index is 1.62.